The highest BCUT2D eigenvalue weighted by atomic mass is 16.5. The first-order chi connectivity index (χ1) is 7.81. The molecule has 0 radical (unpaired) electrons. The van der Waals surface area contributed by atoms with Crippen molar-refractivity contribution in [1.29, 1.82) is 5.26 Å². The van der Waals surface area contributed by atoms with Crippen molar-refractivity contribution in [2.45, 2.75) is 13.0 Å². The normalized spacial score (nSPS) is 11.5. The number of nitrogens with one attached hydrogen (secondary N) is 1. The van der Waals surface area contributed by atoms with Crippen LogP contribution in [0.5, 0.6) is 5.75 Å². The van der Waals surface area contributed by atoms with Gasteiger partial charge in [0.25, 0.3) is 0 Å². The fraction of sp³-hybridized carbons (Fsp3) is 0.308. The number of nitriles is 1. The summed E-state index contributed by atoms with van der Waals surface area (Å²) in [4.78, 5) is 0. The second-order valence-corrected chi connectivity index (χ2v) is 3.26. The Morgan fingerprint density at radius 1 is 1.62 bits per heavy atom. The average Bonchev–Trinajstić information content (AvgIpc) is 2.31. The van der Waals surface area contributed by atoms with E-state index < -0.39 is 0 Å². The van der Waals surface area contributed by atoms with E-state index in [0.29, 0.717) is 13.2 Å². The summed E-state index contributed by atoms with van der Waals surface area (Å²) >= 11 is 0. The molecule has 1 N–H and O–H groups in total. The predicted molar refractivity (Wildman–Crippen MR) is 64.2 cm³/mol. The molecule has 0 bridgehead atoms. The zero-order valence-electron chi connectivity index (χ0n) is 9.44. The summed E-state index contributed by atoms with van der Waals surface area (Å²) in [5, 5.41) is 12.1. The standard InChI is InChI=1S/C13H16N2O/c1-3-8-15-13(10-14)11-6-5-7-12(9-11)16-4-2/h3,5-7,9,13,15H,1,4,8H2,2H3. The molecule has 1 aromatic rings. The van der Waals surface area contributed by atoms with E-state index in [1.807, 2.05) is 31.2 Å². The maximum atomic E-state index is 9.04. The predicted octanol–water partition coefficient (Wildman–Crippen LogP) is 2.43. The molecule has 0 aliphatic carbocycles. The zero-order valence-corrected chi connectivity index (χ0v) is 9.44. The lowest BCUT2D eigenvalue weighted by Crippen LogP contribution is -2.19. The van der Waals surface area contributed by atoms with Crippen molar-refractivity contribution in [2.75, 3.05) is 13.2 Å². The van der Waals surface area contributed by atoms with Crippen LogP contribution in [0.2, 0.25) is 0 Å². The third-order valence-corrected chi connectivity index (χ3v) is 2.10. The monoisotopic (exact) mass is 216 g/mol. The van der Waals surface area contributed by atoms with Gasteiger partial charge in [-0.15, -0.1) is 6.58 Å². The van der Waals surface area contributed by atoms with Crippen LogP contribution < -0.4 is 10.1 Å². The van der Waals surface area contributed by atoms with Crippen molar-refractivity contribution in [2.24, 2.45) is 0 Å². The number of nitrogens with zero attached hydrogens (tertiary/aromatic N) is 1. The summed E-state index contributed by atoms with van der Waals surface area (Å²) in [6, 6.07) is 9.45. The molecule has 0 amide bonds. The fourth-order valence-electron chi connectivity index (χ4n) is 1.39. The molecule has 1 rings (SSSR count). The summed E-state index contributed by atoms with van der Waals surface area (Å²) in [5.41, 5.74) is 0.912. The summed E-state index contributed by atoms with van der Waals surface area (Å²) in [5.74, 6) is 0.792. The Labute approximate surface area is 96.4 Å². The van der Waals surface area contributed by atoms with E-state index in [4.69, 9.17) is 10.00 Å². The van der Waals surface area contributed by atoms with Gasteiger partial charge >= 0.3 is 0 Å². The Hall–Kier alpha value is -1.79. The quantitative estimate of drug-likeness (QED) is 0.743. The van der Waals surface area contributed by atoms with Crippen molar-refractivity contribution in [1.82, 2.24) is 5.32 Å². The average molecular weight is 216 g/mol. The minimum Gasteiger partial charge on any atom is -0.494 e. The Morgan fingerprint density at radius 3 is 3.06 bits per heavy atom. The maximum Gasteiger partial charge on any atom is 0.121 e. The highest BCUT2D eigenvalue weighted by molar-refractivity contribution is 5.33. The number of hydrogen-bond donors (Lipinski definition) is 1. The van der Waals surface area contributed by atoms with Gasteiger partial charge in [0.05, 0.1) is 12.7 Å². The molecule has 1 atom stereocenters. The molecule has 1 aromatic carbocycles. The van der Waals surface area contributed by atoms with Crippen LogP contribution in [-0.2, 0) is 0 Å². The van der Waals surface area contributed by atoms with E-state index in [2.05, 4.69) is 18.0 Å². The molecule has 0 fully saturated rings. The van der Waals surface area contributed by atoms with Crippen molar-refractivity contribution in [3.63, 3.8) is 0 Å². The molecule has 0 heterocycles. The van der Waals surface area contributed by atoms with Gasteiger partial charge in [0, 0.05) is 6.54 Å². The van der Waals surface area contributed by atoms with Crippen LogP contribution in [0.3, 0.4) is 0 Å². The van der Waals surface area contributed by atoms with Gasteiger partial charge in [-0.25, -0.2) is 0 Å². The molecule has 0 saturated carbocycles. The highest BCUT2D eigenvalue weighted by Gasteiger charge is 2.09. The minimum atomic E-state index is -0.321. The van der Waals surface area contributed by atoms with Gasteiger partial charge in [-0.1, -0.05) is 18.2 Å². The summed E-state index contributed by atoms with van der Waals surface area (Å²) in [7, 11) is 0. The van der Waals surface area contributed by atoms with E-state index in [9.17, 15) is 0 Å². The van der Waals surface area contributed by atoms with Crippen LogP contribution >= 0.6 is 0 Å². The van der Waals surface area contributed by atoms with Crippen LogP contribution in [-0.4, -0.2) is 13.2 Å². The molecule has 0 aromatic heterocycles. The third-order valence-electron chi connectivity index (χ3n) is 2.10. The van der Waals surface area contributed by atoms with Crippen LogP contribution in [0.25, 0.3) is 0 Å². The molecule has 0 aliphatic rings. The van der Waals surface area contributed by atoms with Crippen molar-refractivity contribution in [3.8, 4) is 11.8 Å². The van der Waals surface area contributed by atoms with Gasteiger partial charge in [0.15, 0.2) is 0 Å². The Kier molecular flexibility index (Phi) is 5.10. The second kappa shape index (κ2) is 6.65. The third kappa shape index (κ3) is 3.41. The van der Waals surface area contributed by atoms with E-state index in [1.54, 1.807) is 6.08 Å². The van der Waals surface area contributed by atoms with Gasteiger partial charge in [-0.3, -0.25) is 5.32 Å². The first-order valence-electron chi connectivity index (χ1n) is 5.28. The fourth-order valence-corrected chi connectivity index (χ4v) is 1.39. The van der Waals surface area contributed by atoms with Crippen molar-refractivity contribution >= 4 is 0 Å². The number of ether oxygens (including phenoxy) is 1. The molecule has 1 unspecified atom stereocenters. The first-order valence-corrected chi connectivity index (χ1v) is 5.28. The van der Waals surface area contributed by atoms with Gasteiger partial charge < -0.3 is 4.74 Å². The van der Waals surface area contributed by atoms with E-state index in [0.717, 1.165) is 11.3 Å². The van der Waals surface area contributed by atoms with Gasteiger partial charge in [-0.05, 0) is 24.6 Å². The molecule has 16 heavy (non-hydrogen) atoms. The lowest BCUT2D eigenvalue weighted by molar-refractivity contribution is 0.339. The van der Waals surface area contributed by atoms with Crippen LogP contribution in [0.15, 0.2) is 36.9 Å². The van der Waals surface area contributed by atoms with E-state index >= 15 is 0 Å². The molecule has 3 nitrogen and oxygen atoms in total. The van der Waals surface area contributed by atoms with Gasteiger partial charge in [-0.2, -0.15) is 5.26 Å². The number of hydrogen-bond acceptors (Lipinski definition) is 3. The summed E-state index contributed by atoms with van der Waals surface area (Å²) in [6.07, 6.45) is 1.73. The molecule has 84 valence electrons. The van der Waals surface area contributed by atoms with Crippen molar-refractivity contribution in [3.05, 3.63) is 42.5 Å². The molecule has 3 heteroatoms. The second-order valence-electron chi connectivity index (χ2n) is 3.26. The molecule has 0 saturated heterocycles. The smallest absolute Gasteiger partial charge is 0.121 e. The Balaban J connectivity index is 2.80. The molecule has 0 aliphatic heterocycles. The molecular formula is C13H16N2O. The lowest BCUT2D eigenvalue weighted by atomic mass is 10.1. The van der Waals surface area contributed by atoms with Gasteiger partial charge in [0.1, 0.15) is 11.8 Å². The summed E-state index contributed by atoms with van der Waals surface area (Å²) in [6.45, 7) is 6.78. The SMILES string of the molecule is C=CCNC(C#N)c1cccc(OCC)c1. The van der Waals surface area contributed by atoms with Crippen LogP contribution in [0.1, 0.15) is 18.5 Å². The highest BCUT2D eigenvalue weighted by Crippen LogP contribution is 2.18. The van der Waals surface area contributed by atoms with E-state index in [1.165, 1.54) is 0 Å². The summed E-state index contributed by atoms with van der Waals surface area (Å²) < 4.78 is 5.39. The Morgan fingerprint density at radius 2 is 2.44 bits per heavy atom. The Bertz CT molecular complexity index is 382. The first kappa shape index (κ1) is 12.3. The minimum absolute atomic E-state index is 0.321. The maximum absolute atomic E-state index is 9.04. The number of benzene rings is 1. The largest absolute Gasteiger partial charge is 0.494 e. The topological polar surface area (TPSA) is 45.0 Å². The van der Waals surface area contributed by atoms with Crippen LogP contribution in [0, 0.1) is 11.3 Å². The zero-order chi connectivity index (χ0) is 11.8. The van der Waals surface area contributed by atoms with Gasteiger partial charge in [0.2, 0.25) is 0 Å². The van der Waals surface area contributed by atoms with Crippen molar-refractivity contribution < 1.29 is 4.74 Å². The van der Waals surface area contributed by atoms with Crippen LogP contribution in [0.4, 0.5) is 0 Å². The van der Waals surface area contributed by atoms with E-state index in [-0.39, 0.29) is 6.04 Å². The molecular weight excluding hydrogens is 200 g/mol. The molecule has 0 spiro atoms. The lowest BCUT2D eigenvalue weighted by Gasteiger charge is -2.11. The number of rotatable bonds is 6.